The van der Waals surface area contributed by atoms with Crippen molar-refractivity contribution >= 4 is 29.5 Å². The maximum Gasteiger partial charge on any atom is 0.330 e. The zero-order valence-corrected chi connectivity index (χ0v) is 17.6. The average molecular weight is 383 g/mol. The van der Waals surface area contributed by atoms with Crippen LogP contribution in [0.4, 0.5) is 0 Å². The molecule has 0 aliphatic heterocycles. The Kier molecular flexibility index (Phi) is 6.52. The Bertz CT molecular complexity index is 476. The van der Waals surface area contributed by atoms with E-state index in [4.69, 9.17) is 4.74 Å². The highest BCUT2D eigenvalue weighted by atomic mass is 32.2. The number of ether oxygens (including phenoxy) is 1. The minimum atomic E-state index is -0.266. The normalized spacial score (nSPS) is 37.0. The molecular formula is C21H34O2S2. The fourth-order valence-electron chi connectivity index (χ4n) is 6.39. The van der Waals surface area contributed by atoms with Crippen molar-refractivity contribution in [3.05, 3.63) is 12.7 Å². The lowest BCUT2D eigenvalue weighted by Crippen LogP contribution is -2.52. The van der Waals surface area contributed by atoms with Crippen molar-refractivity contribution in [2.24, 2.45) is 22.7 Å². The third kappa shape index (κ3) is 4.80. The largest absolute Gasteiger partial charge is 0.463 e. The summed E-state index contributed by atoms with van der Waals surface area (Å²) in [7, 11) is 0. The van der Waals surface area contributed by atoms with Gasteiger partial charge in [0.15, 0.2) is 0 Å². The van der Waals surface area contributed by atoms with E-state index in [0.717, 1.165) is 22.8 Å². The van der Waals surface area contributed by atoms with Gasteiger partial charge in [-0.05, 0) is 92.5 Å². The molecule has 0 aromatic heterocycles. The Hall–Kier alpha value is -0.0900. The summed E-state index contributed by atoms with van der Waals surface area (Å²) >= 11 is 4.23. The van der Waals surface area contributed by atoms with E-state index in [1.165, 1.54) is 62.5 Å². The summed E-state index contributed by atoms with van der Waals surface area (Å²) in [5, 5.41) is 0. The molecule has 3 unspecified atom stereocenters. The fraction of sp³-hybridized carbons (Fsp3) is 0.857. The van der Waals surface area contributed by atoms with Gasteiger partial charge in [-0.1, -0.05) is 13.5 Å². The zero-order chi connectivity index (χ0) is 17.9. The van der Waals surface area contributed by atoms with E-state index in [2.05, 4.69) is 44.0 Å². The van der Waals surface area contributed by atoms with Crippen LogP contribution in [0.25, 0.3) is 0 Å². The van der Waals surface area contributed by atoms with Gasteiger partial charge in [-0.25, -0.2) is 4.79 Å². The highest BCUT2D eigenvalue weighted by molar-refractivity contribution is 8.16. The van der Waals surface area contributed by atoms with Gasteiger partial charge < -0.3 is 4.74 Å². The van der Waals surface area contributed by atoms with Crippen LogP contribution < -0.4 is 0 Å². The molecule has 0 amide bonds. The summed E-state index contributed by atoms with van der Waals surface area (Å²) < 4.78 is 6.07. The predicted octanol–water partition coefficient (Wildman–Crippen LogP) is 5.91. The first-order valence-corrected chi connectivity index (χ1v) is 12.1. The second-order valence-electron chi connectivity index (χ2n) is 8.73. The van der Waals surface area contributed by atoms with E-state index in [1.807, 2.05) is 0 Å². The maximum atomic E-state index is 11.4. The topological polar surface area (TPSA) is 26.3 Å². The minimum Gasteiger partial charge on any atom is -0.463 e. The molecule has 25 heavy (non-hydrogen) atoms. The molecule has 2 nitrogen and oxygen atoms in total. The van der Waals surface area contributed by atoms with E-state index in [-0.39, 0.29) is 5.97 Å². The van der Waals surface area contributed by atoms with Gasteiger partial charge >= 0.3 is 5.97 Å². The Labute approximate surface area is 162 Å². The molecule has 0 saturated heterocycles. The predicted molar refractivity (Wildman–Crippen MR) is 110 cm³/mol. The van der Waals surface area contributed by atoms with E-state index in [9.17, 15) is 4.79 Å². The molecule has 4 saturated carbocycles. The summed E-state index contributed by atoms with van der Waals surface area (Å²) in [5.74, 6) is 4.14. The van der Waals surface area contributed by atoms with E-state index in [0.29, 0.717) is 17.4 Å². The van der Waals surface area contributed by atoms with Gasteiger partial charge in [0.1, 0.15) is 0 Å². The monoisotopic (exact) mass is 382 g/mol. The van der Waals surface area contributed by atoms with Crippen LogP contribution >= 0.6 is 23.5 Å². The van der Waals surface area contributed by atoms with Crippen LogP contribution in [-0.4, -0.2) is 28.7 Å². The van der Waals surface area contributed by atoms with Gasteiger partial charge in [0.05, 0.1) is 6.61 Å². The Morgan fingerprint density at radius 2 is 1.84 bits per heavy atom. The van der Waals surface area contributed by atoms with Crippen LogP contribution in [0.2, 0.25) is 0 Å². The van der Waals surface area contributed by atoms with Crippen LogP contribution in [-0.2, 0) is 9.53 Å². The van der Waals surface area contributed by atoms with Crippen LogP contribution in [0.3, 0.4) is 0 Å². The van der Waals surface area contributed by atoms with Crippen molar-refractivity contribution in [2.75, 3.05) is 18.1 Å². The molecule has 142 valence electrons. The maximum absolute atomic E-state index is 11.4. The van der Waals surface area contributed by atoms with Crippen molar-refractivity contribution in [1.82, 2.24) is 0 Å². The van der Waals surface area contributed by atoms with Crippen molar-refractivity contribution in [3.63, 3.8) is 0 Å². The number of thioether (sulfide) groups is 2. The molecule has 0 aromatic rings. The van der Waals surface area contributed by atoms with Gasteiger partial charge in [-0.15, -0.1) is 23.5 Å². The van der Waals surface area contributed by atoms with Crippen molar-refractivity contribution in [3.8, 4) is 0 Å². The Morgan fingerprint density at radius 1 is 1.20 bits per heavy atom. The first-order chi connectivity index (χ1) is 12.0. The zero-order valence-electron chi connectivity index (χ0n) is 15.9. The molecule has 4 fully saturated rings. The molecule has 0 radical (unpaired) electrons. The molecular weight excluding hydrogens is 348 g/mol. The molecule has 4 heteroatoms. The summed E-state index contributed by atoms with van der Waals surface area (Å²) in [4.78, 5) is 11.4. The molecule has 0 N–H and O–H groups in total. The lowest BCUT2D eigenvalue weighted by Gasteiger charge is -2.62. The SMILES string of the molecule is C=CC(=O)OCCC12CC3CC(C1)CC(CCSC(C)SCC)(C3)C2. The average Bonchev–Trinajstić information content (AvgIpc) is 2.53. The van der Waals surface area contributed by atoms with E-state index >= 15 is 0 Å². The molecule has 4 aliphatic carbocycles. The van der Waals surface area contributed by atoms with Crippen molar-refractivity contribution in [2.45, 2.75) is 69.8 Å². The number of carbonyl (C=O) groups is 1. The van der Waals surface area contributed by atoms with Gasteiger partial charge in [-0.2, -0.15) is 0 Å². The molecule has 0 aromatic carbocycles. The number of esters is 1. The fourth-order valence-corrected chi connectivity index (χ4v) is 8.82. The van der Waals surface area contributed by atoms with Crippen molar-refractivity contribution in [1.29, 1.82) is 0 Å². The summed E-state index contributed by atoms with van der Waals surface area (Å²) in [6.07, 6.45) is 12.3. The summed E-state index contributed by atoms with van der Waals surface area (Å²) in [6.45, 7) is 8.69. The number of rotatable bonds is 10. The van der Waals surface area contributed by atoms with Crippen LogP contribution in [0, 0.1) is 22.7 Å². The molecule has 4 rings (SSSR count). The number of carbonyl (C=O) groups excluding carboxylic acids is 1. The summed E-state index contributed by atoms with van der Waals surface area (Å²) in [6, 6.07) is 0. The third-order valence-corrected chi connectivity index (χ3v) is 9.26. The highest BCUT2D eigenvalue weighted by Gasteiger charge is 2.56. The third-order valence-electron chi connectivity index (χ3n) is 6.73. The van der Waals surface area contributed by atoms with E-state index < -0.39 is 0 Å². The Morgan fingerprint density at radius 3 is 2.44 bits per heavy atom. The van der Waals surface area contributed by atoms with Gasteiger partial charge in [0.2, 0.25) is 0 Å². The van der Waals surface area contributed by atoms with Crippen LogP contribution in [0.5, 0.6) is 0 Å². The minimum absolute atomic E-state index is 0.266. The molecule has 4 bridgehead atoms. The number of hydrogen-bond donors (Lipinski definition) is 0. The lowest BCUT2D eigenvalue weighted by molar-refractivity contribution is -0.144. The molecule has 0 heterocycles. The van der Waals surface area contributed by atoms with Gasteiger partial charge in [0, 0.05) is 10.7 Å². The first-order valence-electron chi connectivity index (χ1n) is 10.0. The van der Waals surface area contributed by atoms with Gasteiger partial charge in [0.25, 0.3) is 0 Å². The van der Waals surface area contributed by atoms with Crippen LogP contribution in [0.1, 0.15) is 65.2 Å². The standard InChI is InChI=1S/C21H34O2S2/c1-4-19(22)23-8-6-20-11-17-10-18(12-20)14-21(13-17,15-20)7-9-25-16(3)24-5-2/h4,16-18H,1,5-15H2,2-3H3. The van der Waals surface area contributed by atoms with E-state index in [1.54, 1.807) is 0 Å². The number of hydrogen-bond acceptors (Lipinski definition) is 4. The second kappa shape index (κ2) is 8.29. The lowest BCUT2D eigenvalue weighted by atomic mass is 9.43. The first kappa shape index (κ1) is 19.7. The quantitative estimate of drug-likeness (QED) is 0.266. The second-order valence-corrected chi connectivity index (χ2v) is 12.1. The van der Waals surface area contributed by atoms with Crippen LogP contribution in [0.15, 0.2) is 12.7 Å². The molecule has 0 spiro atoms. The highest BCUT2D eigenvalue weighted by Crippen LogP contribution is 2.67. The molecule has 4 aliphatic rings. The summed E-state index contributed by atoms with van der Waals surface area (Å²) in [5.41, 5.74) is 1.05. The van der Waals surface area contributed by atoms with Crippen molar-refractivity contribution < 1.29 is 9.53 Å². The van der Waals surface area contributed by atoms with Gasteiger partial charge in [-0.3, -0.25) is 0 Å². The molecule has 3 atom stereocenters. The Balaban J connectivity index is 1.56. The smallest absolute Gasteiger partial charge is 0.330 e.